The summed E-state index contributed by atoms with van der Waals surface area (Å²) in [4.78, 5) is 2.51. The largest absolute Gasteiger partial charge is 0.456 e. The van der Waals surface area contributed by atoms with Crippen LogP contribution in [0.5, 0.6) is 0 Å². The average Bonchev–Trinajstić information content (AvgIpc) is 3.98. The molecule has 60 heavy (non-hydrogen) atoms. The van der Waals surface area contributed by atoms with E-state index in [9.17, 15) is 0 Å². The van der Waals surface area contributed by atoms with Crippen molar-refractivity contribution < 1.29 is 8.83 Å². The molecule has 0 spiro atoms. The van der Waals surface area contributed by atoms with Crippen LogP contribution in [0.25, 0.3) is 82.5 Å². The maximum Gasteiger partial charge on any atom is 0.145 e. The molecule has 0 aliphatic heterocycles. The maximum absolute atomic E-state index is 7.18. The molecule has 0 saturated carbocycles. The van der Waals surface area contributed by atoms with Crippen LogP contribution < -0.4 is 4.90 Å². The van der Waals surface area contributed by atoms with Crippen molar-refractivity contribution in [1.29, 1.82) is 0 Å². The van der Waals surface area contributed by atoms with Gasteiger partial charge in [-0.2, -0.15) is 0 Å². The first kappa shape index (κ1) is 35.0. The summed E-state index contributed by atoms with van der Waals surface area (Å²) in [5.41, 5.74) is 17.4. The number of hydrogen-bond donors (Lipinski definition) is 0. The van der Waals surface area contributed by atoms with Gasteiger partial charge in [0.1, 0.15) is 22.3 Å². The van der Waals surface area contributed by atoms with Gasteiger partial charge in [0.15, 0.2) is 0 Å². The molecule has 3 aromatic heterocycles. The normalized spacial score (nSPS) is 13.6. The van der Waals surface area contributed by atoms with E-state index in [4.69, 9.17) is 8.83 Å². The quantitative estimate of drug-likeness (QED) is 0.179. The topological polar surface area (TPSA) is 34.5 Å². The molecule has 1 aliphatic carbocycles. The highest BCUT2D eigenvalue weighted by molar-refractivity contribution is 6.25. The lowest BCUT2D eigenvalue weighted by Crippen LogP contribution is -2.17. The fourth-order valence-corrected chi connectivity index (χ4v) is 10.3. The van der Waals surface area contributed by atoms with E-state index in [1.54, 1.807) is 0 Å². The van der Waals surface area contributed by atoms with Crippen molar-refractivity contribution in [1.82, 2.24) is 4.57 Å². The van der Waals surface area contributed by atoms with Crippen LogP contribution in [0.4, 0.5) is 17.1 Å². The predicted octanol–water partition coefficient (Wildman–Crippen LogP) is 16.0. The number of hydrogen-bond acceptors (Lipinski definition) is 3. The van der Waals surface area contributed by atoms with Crippen LogP contribution >= 0.6 is 0 Å². The molecule has 0 amide bonds. The highest BCUT2D eigenvalue weighted by atomic mass is 16.3. The van der Waals surface area contributed by atoms with Crippen LogP contribution in [0, 0.1) is 6.92 Å². The standard InChI is InChI=1S/C56H44N2O2/c1-33-15-13-16-36(31-33)58-42-20-10-7-17-37(42)49-43(21-14-22-44(49)58)57(35-27-25-34(26-28-35)55(2,3)4)45-32-41-53(54-50(45)38-18-8-12-24-47(38)60-54)52-40(56(41,5)6)29-30-48-51(52)39-19-9-11-23-46(39)59-48/h7-32H,1-6H3. The Balaban J connectivity index is 1.24. The average molecular weight is 777 g/mol. The molecule has 1 aliphatic rings. The Hall–Kier alpha value is -7.04. The highest BCUT2D eigenvalue weighted by Gasteiger charge is 2.41. The van der Waals surface area contributed by atoms with Crippen LogP contribution in [0.1, 0.15) is 56.9 Å². The molecule has 290 valence electrons. The van der Waals surface area contributed by atoms with E-state index < -0.39 is 0 Å². The Morgan fingerprint density at radius 3 is 1.93 bits per heavy atom. The molecule has 0 radical (unpaired) electrons. The van der Waals surface area contributed by atoms with E-state index >= 15 is 0 Å². The van der Waals surface area contributed by atoms with Gasteiger partial charge in [-0.25, -0.2) is 0 Å². The lowest BCUT2D eigenvalue weighted by atomic mass is 9.81. The number of benzene rings is 8. The van der Waals surface area contributed by atoms with Gasteiger partial charge in [0.25, 0.3) is 0 Å². The molecule has 0 unspecified atom stereocenters. The third-order valence-corrected chi connectivity index (χ3v) is 13.2. The number of aromatic nitrogens is 1. The molecule has 0 saturated heterocycles. The van der Waals surface area contributed by atoms with E-state index in [-0.39, 0.29) is 10.8 Å². The molecule has 4 heteroatoms. The van der Waals surface area contributed by atoms with Crippen molar-refractivity contribution in [3.05, 3.63) is 180 Å². The van der Waals surface area contributed by atoms with Gasteiger partial charge in [-0.15, -0.1) is 0 Å². The monoisotopic (exact) mass is 776 g/mol. The van der Waals surface area contributed by atoms with E-state index in [0.29, 0.717) is 0 Å². The van der Waals surface area contributed by atoms with Gasteiger partial charge >= 0.3 is 0 Å². The zero-order valence-corrected chi connectivity index (χ0v) is 34.7. The van der Waals surface area contributed by atoms with Gasteiger partial charge in [0, 0.05) is 54.8 Å². The lowest BCUT2D eigenvalue weighted by molar-refractivity contribution is 0.590. The minimum absolute atomic E-state index is 0.00456. The molecule has 12 rings (SSSR count). The van der Waals surface area contributed by atoms with E-state index in [2.05, 4.69) is 203 Å². The van der Waals surface area contributed by atoms with Crippen LogP contribution in [-0.4, -0.2) is 4.57 Å². The summed E-state index contributed by atoms with van der Waals surface area (Å²) in [6.07, 6.45) is 0. The Morgan fingerprint density at radius 1 is 0.517 bits per heavy atom. The van der Waals surface area contributed by atoms with E-state index in [1.807, 2.05) is 6.07 Å². The first-order chi connectivity index (χ1) is 29.1. The van der Waals surface area contributed by atoms with Crippen molar-refractivity contribution >= 4 is 82.7 Å². The second kappa shape index (κ2) is 12.2. The predicted molar refractivity (Wildman–Crippen MR) is 251 cm³/mol. The third kappa shape index (κ3) is 4.79. The minimum atomic E-state index is -0.339. The SMILES string of the molecule is Cc1cccc(-n2c3ccccc3c3c(N(c4ccc(C(C)(C)C)cc4)c4cc5c(c6oc7ccccc7c46)-c4c(ccc6oc7ccccc7c46)C5(C)C)cccc32)c1. The first-order valence-corrected chi connectivity index (χ1v) is 21.0. The van der Waals surface area contributed by atoms with Gasteiger partial charge < -0.3 is 18.3 Å². The van der Waals surface area contributed by atoms with Gasteiger partial charge in [-0.05, 0) is 101 Å². The number of nitrogens with zero attached hydrogens (tertiary/aromatic N) is 2. The fourth-order valence-electron chi connectivity index (χ4n) is 10.3. The number of rotatable bonds is 4. The molecular weight excluding hydrogens is 733 g/mol. The maximum atomic E-state index is 7.18. The van der Waals surface area contributed by atoms with Gasteiger partial charge in [-0.1, -0.05) is 126 Å². The number of para-hydroxylation sites is 3. The molecule has 0 atom stereocenters. The first-order valence-electron chi connectivity index (χ1n) is 21.0. The molecule has 11 aromatic rings. The molecule has 0 N–H and O–H groups in total. The second-order valence-corrected chi connectivity index (χ2v) is 18.2. The number of aryl methyl sites for hydroxylation is 1. The number of furan rings is 2. The summed E-state index contributed by atoms with van der Waals surface area (Å²) in [7, 11) is 0. The molecule has 4 nitrogen and oxygen atoms in total. The summed E-state index contributed by atoms with van der Waals surface area (Å²) >= 11 is 0. The van der Waals surface area contributed by atoms with Crippen LogP contribution in [0.2, 0.25) is 0 Å². The summed E-state index contributed by atoms with van der Waals surface area (Å²) in [6, 6.07) is 57.5. The van der Waals surface area contributed by atoms with Crippen molar-refractivity contribution in [2.75, 3.05) is 4.90 Å². The summed E-state index contributed by atoms with van der Waals surface area (Å²) in [6.45, 7) is 13.7. The zero-order chi connectivity index (χ0) is 40.7. The second-order valence-electron chi connectivity index (χ2n) is 18.2. The third-order valence-electron chi connectivity index (χ3n) is 13.2. The van der Waals surface area contributed by atoms with Gasteiger partial charge in [-0.3, -0.25) is 0 Å². The van der Waals surface area contributed by atoms with Crippen molar-refractivity contribution in [3.8, 4) is 16.8 Å². The summed E-state index contributed by atoms with van der Waals surface area (Å²) in [5.74, 6) is 0. The van der Waals surface area contributed by atoms with Crippen LogP contribution in [-0.2, 0) is 10.8 Å². The smallest absolute Gasteiger partial charge is 0.145 e. The molecule has 0 bridgehead atoms. The Bertz CT molecular complexity index is 3570. The summed E-state index contributed by atoms with van der Waals surface area (Å²) in [5, 5.41) is 6.86. The van der Waals surface area contributed by atoms with Crippen molar-refractivity contribution in [2.24, 2.45) is 0 Å². The fraction of sp³-hybridized carbons (Fsp3) is 0.143. The minimum Gasteiger partial charge on any atom is -0.456 e. The number of anilines is 3. The Morgan fingerprint density at radius 2 is 1.18 bits per heavy atom. The van der Waals surface area contributed by atoms with Gasteiger partial charge in [0.05, 0.1) is 27.8 Å². The van der Waals surface area contributed by atoms with Crippen LogP contribution in [0.15, 0.2) is 167 Å². The zero-order valence-electron chi connectivity index (χ0n) is 34.7. The molecule has 0 fully saturated rings. The lowest BCUT2D eigenvalue weighted by Gasteiger charge is -2.30. The van der Waals surface area contributed by atoms with E-state index in [0.717, 1.165) is 77.7 Å². The van der Waals surface area contributed by atoms with E-state index in [1.165, 1.54) is 44.1 Å². The molecule has 3 heterocycles. The number of fused-ring (bicyclic) bond motifs is 14. The van der Waals surface area contributed by atoms with Crippen molar-refractivity contribution in [2.45, 2.75) is 52.4 Å². The van der Waals surface area contributed by atoms with Crippen LogP contribution in [0.3, 0.4) is 0 Å². The molecular formula is C56H44N2O2. The highest BCUT2D eigenvalue weighted by Crippen LogP contribution is 2.59. The van der Waals surface area contributed by atoms with Crippen molar-refractivity contribution in [3.63, 3.8) is 0 Å². The van der Waals surface area contributed by atoms with Gasteiger partial charge in [0.2, 0.25) is 0 Å². The Labute approximate surface area is 348 Å². The Kier molecular flexibility index (Phi) is 7.14. The summed E-state index contributed by atoms with van der Waals surface area (Å²) < 4.78 is 16.1. The molecule has 8 aromatic carbocycles.